The molecule has 58 valence electrons. The summed E-state index contributed by atoms with van der Waals surface area (Å²) in [6.45, 7) is 5.14. The summed E-state index contributed by atoms with van der Waals surface area (Å²) in [5, 5.41) is 14.7. The molecule has 0 rings (SSSR count). The van der Waals surface area contributed by atoms with Crippen molar-refractivity contribution in [3.8, 4) is 0 Å². The van der Waals surface area contributed by atoms with Crippen LogP contribution in [0.3, 0.4) is 0 Å². The van der Waals surface area contributed by atoms with Gasteiger partial charge in [-0.3, -0.25) is 0 Å². The quantitative estimate of drug-likeness (QED) is 0.230. The van der Waals surface area contributed by atoms with Gasteiger partial charge in [-0.1, -0.05) is 11.7 Å². The zero-order valence-corrected chi connectivity index (χ0v) is 7.01. The molecule has 3 nitrogen and oxygen atoms in total. The Labute approximate surface area is 61.9 Å². The zero-order valence-electron chi connectivity index (χ0n) is 7.01. The molecule has 0 radical (unpaired) electrons. The molecule has 0 spiro atoms. The van der Waals surface area contributed by atoms with Crippen LogP contribution < -0.4 is 5.11 Å². The highest BCUT2D eigenvalue weighted by Crippen LogP contribution is 1.94. The van der Waals surface area contributed by atoms with Gasteiger partial charge in [0.25, 0.3) is 0 Å². The van der Waals surface area contributed by atoms with Crippen LogP contribution in [0.15, 0.2) is 17.3 Å². The van der Waals surface area contributed by atoms with Crippen molar-refractivity contribution in [2.75, 3.05) is 21.1 Å². The standard InChI is InChI=1S/C7H14N2O/c1-6(2)7(10)8-9(3,4)5/h1H2,2-5H3. The van der Waals surface area contributed by atoms with Crippen LogP contribution >= 0.6 is 0 Å². The van der Waals surface area contributed by atoms with E-state index in [0.29, 0.717) is 10.2 Å². The minimum atomic E-state index is -0.229. The molecule has 3 heteroatoms. The first-order valence-corrected chi connectivity index (χ1v) is 3.07. The van der Waals surface area contributed by atoms with Crippen molar-refractivity contribution in [1.82, 2.24) is 0 Å². The average molecular weight is 142 g/mol. The van der Waals surface area contributed by atoms with Crippen molar-refractivity contribution in [2.24, 2.45) is 5.10 Å². The van der Waals surface area contributed by atoms with E-state index in [0.717, 1.165) is 0 Å². The highest BCUT2D eigenvalue weighted by atomic mass is 16.3. The molecule has 10 heavy (non-hydrogen) atoms. The predicted molar refractivity (Wildman–Crippen MR) is 40.3 cm³/mol. The van der Waals surface area contributed by atoms with E-state index in [-0.39, 0.29) is 5.90 Å². The van der Waals surface area contributed by atoms with Crippen LogP contribution in [0.1, 0.15) is 6.92 Å². The van der Waals surface area contributed by atoms with E-state index in [1.54, 1.807) is 6.92 Å². The van der Waals surface area contributed by atoms with Crippen LogP contribution in [0, 0.1) is 0 Å². The summed E-state index contributed by atoms with van der Waals surface area (Å²) in [6, 6.07) is 0. The molecule has 0 heterocycles. The molecule has 0 aliphatic carbocycles. The van der Waals surface area contributed by atoms with Crippen LogP contribution in [0.4, 0.5) is 0 Å². The lowest BCUT2D eigenvalue weighted by Gasteiger charge is -2.19. The summed E-state index contributed by atoms with van der Waals surface area (Å²) >= 11 is 0. The first-order chi connectivity index (χ1) is 4.33. The van der Waals surface area contributed by atoms with Gasteiger partial charge in [-0.15, -0.1) is 0 Å². The molecule has 0 amide bonds. The third-order valence-electron chi connectivity index (χ3n) is 0.756. The summed E-state index contributed by atoms with van der Waals surface area (Å²) in [7, 11) is 5.46. The molecule has 0 fully saturated rings. The van der Waals surface area contributed by atoms with E-state index in [2.05, 4.69) is 11.7 Å². The Morgan fingerprint density at radius 2 is 1.80 bits per heavy atom. The van der Waals surface area contributed by atoms with Gasteiger partial charge >= 0.3 is 0 Å². The van der Waals surface area contributed by atoms with Gasteiger partial charge in [-0.2, -0.15) is 0 Å². The predicted octanol–water partition coefficient (Wildman–Crippen LogP) is -0.0575. The average Bonchev–Trinajstić information content (AvgIpc) is 1.60. The molecule has 0 aromatic carbocycles. The van der Waals surface area contributed by atoms with Gasteiger partial charge < -0.3 is 5.11 Å². The second-order valence-corrected chi connectivity index (χ2v) is 3.13. The molecule has 0 unspecified atom stereocenters. The smallest absolute Gasteiger partial charge is 0.0923 e. The monoisotopic (exact) mass is 142 g/mol. The topological polar surface area (TPSA) is 35.4 Å². The molecule has 0 atom stereocenters. The van der Waals surface area contributed by atoms with E-state index < -0.39 is 0 Å². The molecule has 0 bridgehead atoms. The van der Waals surface area contributed by atoms with Crippen LogP contribution in [0.5, 0.6) is 0 Å². The lowest BCUT2D eigenvalue weighted by Crippen LogP contribution is -2.33. The molecular formula is C7H14N2O. The van der Waals surface area contributed by atoms with E-state index in [1.807, 2.05) is 21.1 Å². The Morgan fingerprint density at radius 3 is 1.90 bits per heavy atom. The second kappa shape index (κ2) is 2.84. The number of hydrogen-bond acceptors (Lipinski definition) is 2. The molecule has 0 aromatic heterocycles. The normalized spacial score (nSPS) is 13.4. The molecular weight excluding hydrogens is 128 g/mol. The van der Waals surface area contributed by atoms with Gasteiger partial charge in [0.1, 0.15) is 0 Å². The van der Waals surface area contributed by atoms with Crippen molar-refractivity contribution < 1.29 is 9.70 Å². The summed E-state index contributed by atoms with van der Waals surface area (Å²) in [5.41, 5.74) is 0.480. The number of nitrogens with zero attached hydrogens (tertiary/aromatic N) is 2. The summed E-state index contributed by atoms with van der Waals surface area (Å²) < 4.78 is 0.297. The SMILES string of the molecule is C=C(C)/C([O-])=N/[N+](C)(C)C. The van der Waals surface area contributed by atoms with E-state index >= 15 is 0 Å². The first kappa shape index (κ1) is 9.17. The number of quaternary nitrogens is 1. The van der Waals surface area contributed by atoms with Gasteiger partial charge in [-0.05, 0) is 12.5 Å². The summed E-state index contributed by atoms with van der Waals surface area (Å²) in [6.07, 6.45) is 0. The molecule has 0 saturated carbocycles. The Hall–Kier alpha value is -0.830. The Kier molecular flexibility index (Phi) is 2.60. The Bertz CT molecular complexity index is 165. The van der Waals surface area contributed by atoms with Gasteiger partial charge in [-0.25, -0.2) is 4.59 Å². The fourth-order valence-electron chi connectivity index (χ4n) is 0.358. The third-order valence-corrected chi connectivity index (χ3v) is 0.756. The van der Waals surface area contributed by atoms with Crippen LogP contribution in [0.25, 0.3) is 0 Å². The maximum absolute atomic E-state index is 10.9. The highest BCUT2D eigenvalue weighted by Gasteiger charge is 2.02. The van der Waals surface area contributed by atoms with Gasteiger partial charge in [0.15, 0.2) is 0 Å². The molecule has 0 saturated heterocycles. The Balaban J connectivity index is 4.32. The maximum Gasteiger partial charge on any atom is 0.0923 e. The van der Waals surface area contributed by atoms with Crippen molar-refractivity contribution in [2.45, 2.75) is 6.92 Å². The van der Waals surface area contributed by atoms with Crippen molar-refractivity contribution in [1.29, 1.82) is 0 Å². The number of hydrogen-bond donors (Lipinski definition) is 0. The number of rotatable bonds is 2. The molecule has 0 aliphatic rings. The van der Waals surface area contributed by atoms with Gasteiger partial charge in [0.05, 0.1) is 21.1 Å². The Morgan fingerprint density at radius 1 is 1.40 bits per heavy atom. The fourth-order valence-corrected chi connectivity index (χ4v) is 0.358. The van der Waals surface area contributed by atoms with Crippen molar-refractivity contribution >= 4 is 5.90 Å². The van der Waals surface area contributed by atoms with E-state index in [1.165, 1.54) is 0 Å². The van der Waals surface area contributed by atoms with Crippen LogP contribution in [-0.2, 0) is 0 Å². The largest absolute Gasteiger partial charge is 0.855 e. The minimum absolute atomic E-state index is 0.229. The van der Waals surface area contributed by atoms with Gasteiger partial charge in [0, 0.05) is 5.90 Å². The summed E-state index contributed by atoms with van der Waals surface area (Å²) in [5.74, 6) is -0.229. The van der Waals surface area contributed by atoms with E-state index in [9.17, 15) is 5.11 Å². The second-order valence-electron chi connectivity index (χ2n) is 3.13. The van der Waals surface area contributed by atoms with Crippen LogP contribution in [-0.4, -0.2) is 31.6 Å². The fraction of sp³-hybridized carbons (Fsp3) is 0.571. The first-order valence-electron chi connectivity index (χ1n) is 3.07. The van der Waals surface area contributed by atoms with E-state index in [4.69, 9.17) is 0 Å². The van der Waals surface area contributed by atoms with Crippen molar-refractivity contribution in [3.63, 3.8) is 0 Å². The lowest BCUT2D eigenvalue weighted by molar-refractivity contribution is -0.878. The molecule has 0 N–H and O–H groups in total. The molecule has 0 aromatic rings. The van der Waals surface area contributed by atoms with Crippen LogP contribution in [0.2, 0.25) is 0 Å². The molecule has 0 aliphatic heterocycles. The summed E-state index contributed by atoms with van der Waals surface area (Å²) in [4.78, 5) is 0. The highest BCUT2D eigenvalue weighted by molar-refractivity contribution is 5.87. The van der Waals surface area contributed by atoms with Gasteiger partial charge in [0.2, 0.25) is 0 Å². The lowest BCUT2D eigenvalue weighted by atomic mass is 10.4. The third kappa shape index (κ3) is 4.09. The minimum Gasteiger partial charge on any atom is -0.855 e. The van der Waals surface area contributed by atoms with Crippen molar-refractivity contribution in [3.05, 3.63) is 12.2 Å². The maximum atomic E-state index is 10.9. The zero-order chi connectivity index (χ0) is 8.36.